The maximum Gasteiger partial charge on any atom is 0.295 e. The zero-order valence-corrected chi connectivity index (χ0v) is 21.5. The van der Waals surface area contributed by atoms with E-state index in [1.54, 1.807) is 36.4 Å². The van der Waals surface area contributed by atoms with Crippen LogP contribution in [0.2, 0.25) is 0 Å². The zero-order chi connectivity index (χ0) is 26.4. The molecule has 9 nitrogen and oxygen atoms in total. The number of benzene rings is 2. The minimum atomic E-state index is -0.901. The largest absolute Gasteiger partial charge is 0.506 e. The molecule has 1 saturated heterocycles. The number of ketones is 1. The first-order valence-electron chi connectivity index (χ1n) is 11.6. The van der Waals surface area contributed by atoms with Gasteiger partial charge in [-0.05, 0) is 35.7 Å². The van der Waals surface area contributed by atoms with Crippen LogP contribution in [0.15, 0.2) is 42.0 Å². The number of methoxy groups -OCH3 is 4. The molecule has 1 fully saturated rings. The highest BCUT2D eigenvalue weighted by atomic mass is 16.5. The number of carbonyl (C=O) groups excluding carboxylic acids is 2. The van der Waals surface area contributed by atoms with Gasteiger partial charge in [-0.2, -0.15) is 0 Å². The van der Waals surface area contributed by atoms with E-state index in [4.69, 9.17) is 23.7 Å². The van der Waals surface area contributed by atoms with Gasteiger partial charge in [0.05, 0.1) is 46.2 Å². The van der Waals surface area contributed by atoms with Crippen LogP contribution < -0.4 is 18.9 Å². The first-order valence-corrected chi connectivity index (χ1v) is 11.6. The van der Waals surface area contributed by atoms with Gasteiger partial charge in [0.1, 0.15) is 22.8 Å². The second-order valence-electron chi connectivity index (χ2n) is 8.64. The van der Waals surface area contributed by atoms with Crippen molar-refractivity contribution in [3.8, 4) is 23.0 Å². The Hall–Kier alpha value is -3.72. The van der Waals surface area contributed by atoms with Crippen molar-refractivity contribution in [2.45, 2.75) is 19.9 Å². The Morgan fingerprint density at radius 3 is 2.14 bits per heavy atom. The molecule has 0 aromatic heterocycles. The Bertz CT molecular complexity index is 1120. The quantitative estimate of drug-likeness (QED) is 0.283. The monoisotopic (exact) mass is 499 g/mol. The lowest BCUT2D eigenvalue weighted by Gasteiger charge is -2.26. The van der Waals surface area contributed by atoms with E-state index >= 15 is 0 Å². The molecule has 0 aliphatic carbocycles. The van der Waals surface area contributed by atoms with E-state index in [1.165, 1.54) is 33.3 Å². The van der Waals surface area contributed by atoms with Crippen molar-refractivity contribution in [1.29, 1.82) is 0 Å². The molecule has 1 aliphatic heterocycles. The molecule has 2 aromatic carbocycles. The van der Waals surface area contributed by atoms with Gasteiger partial charge in [-0.15, -0.1) is 0 Å². The van der Waals surface area contributed by atoms with Crippen LogP contribution in [0.25, 0.3) is 5.76 Å². The summed E-state index contributed by atoms with van der Waals surface area (Å²) < 4.78 is 27.4. The van der Waals surface area contributed by atoms with Crippen molar-refractivity contribution in [2.24, 2.45) is 5.92 Å². The first kappa shape index (κ1) is 26.9. The molecule has 1 unspecified atom stereocenters. The molecular weight excluding hydrogens is 466 g/mol. The van der Waals surface area contributed by atoms with Crippen LogP contribution in [0.3, 0.4) is 0 Å². The van der Waals surface area contributed by atoms with Gasteiger partial charge in [-0.1, -0.05) is 26.0 Å². The SMILES string of the molecule is COCCN1C(=O)C(=O)/C(=C(/O)c2c(OC)cccc2OC)C1c1ccc(OC)c(OCC(C)C)c1. The van der Waals surface area contributed by atoms with Crippen LogP contribution >= 0.6 is 0 Å². The van der Waals surface area contributed by atoms with Crippen molar-refractivity contribution in [2.75, 3.05) is 48.2 Å². The van der Waals surface area contributed by atoms with Crippen LogP contribution in [0.4, 0.5) is 0 Å². The Balaban J connectivity index is 2.25. The summed E-state index contributed by atoms with van der Waals surface area (Å²) in [7, 11) is 5.94. The molecule has 0 bridgehead atoms. The lowest BCUT2D eigenvalue weighted by Crippen LogP contribution is -2.32. The van der Waals surface area contributed by atoms with Crippen LogP contribution in [-0.4, -0.2) is 69.9 Å². The number of aliphatic hydroxyl groups excluding tert-OH is 1. The Morgan fingerprint density at radius 2 is 1.58 bits per heavy atom. The lowest BCUT2D eigenvalue weighted by molar-refractivity contribution is -0.140. The van der Waals surface area contributed by atoms with E-state index in [0.29, 0.717) is 35.2 Å². The second-order valence-corrected chi connectivity index (χ2v) is 8.64. The molecule has 0 radical (unpaired) electrons. The van der Waals surface area contributed by atoms with E-state index in [0.717, 1.165) is 0 Å². The summed E-state index contributed by atoms with van der Waals surface area (Å²) in [5.41, 5.74) is 0.668. The molecule has 194 valence electrons. The summed E-state index contributed by atoms with van der Waals surface area (Å²) in [5.74, 6) is -0.115. The maximum atomic E-state index is 13.3. The maximum absolute atomic E-state index is 13.3. The molecule has 1 aliphatic rings. The van der Waals surface area contributed by atoms with Crippen molar-refractivity contribution >= 4 is 17.4 Å². The predicted molar refractivity (Wildman–Crippen MR) is 134 cm³/mol. The molecule has 36 heavy (non-hydrogen) atoms. The number of aliphatic hydroxyl groups is 1. The van der Waals surface area contributed by atoms with Gasteiger partial charge in [0.15, 0.2) is 11.5 Å². The highest BCUT2D eigenvalue weighted by molar-refractivity contribution is 6.46. The van der Waals surface area contributed by atoms with Crippen LogP contribution in [0.5, 0.6) is 23.0 Å². The van der Waals surface area contributed by atoms with Gasteiger partial charge in [0.2, 0.25) is 0 Å². The molecule has 1 atom stereocenters. The third-order valence-corrected chi connectivity index (χ3v) is 5.82. The van der Waals surface area contributed by atoms with Gasteiger partial charge >= 0.3 is 0 Å². The predicted octanol–water partition coefficient (Wildman–Crippen LogP) is 3.82. The normalized spacial score (nSPS) is 17.0. The van der Waals surface area contributed by atoms with Crippen molar-refractivity contribution in [1.82, 2.24) is 4.90 Å². The molecule has 3 rings (SSSR count). The summed E-state index contributed by atoms with van der Waals surface area (Å²) in [5, 5.41) is 11.5. The zero-order valence-electron chi connectivity index (χ0n) is 21.5. The second kappa shape index (κ2) is 11.8. The number of likely N-dealkylation sites (tertiary alicyclic amines) is 1. The van der Waals surface area contributed by atoms with Crippen LogP contribution in [0, 0.1) is 5.92 Å². The van der Waals surface area contributed by atoms with Crippen molar-refractivity contribution < 1.29 is 38.4 Å². The molecule has 1 heterocycles. The fourth-order valence-corrected chi connectivity index (χ4v) is 4.10. The van der Waals surface area contributed by atoms with Crippen molar-refractivity contribution in [3.05, 3.63) is 53.1 Å². The van der Waals surface area contributed by atoms with Crippen LogP contribution in [0.1, 0.15) is 31.0 Å². The number of ether oxygens (including phenoxy) is 5. The van der Waals surface area contributed by atoms with Crippen molar-refractivity contribution in [3.63, 3.8) is 0 Å². The number of Topliss-reactive ketones (excluding diaryl/α,β-unsaturated/α-hetero) is 1. The minimum Gasteiger partial charge on any atom is -0.506 e. The van der Waals surface area contributed by atoms with Gasteiger partial charge in [-0.25, -0.2) is 0 Å². The molecule has 9 heteroatoms. The summed E-state index contributed by atoms with van der Waals surface area (Å²) in [6.07, 6.45) is 0. The Morgan fingerprint density at radius 1 is 0.944 bits per heavy atom. The molecule has 1 amide bonds. The number of nitrogens with zero attached hydrogens (tertiary/aromatic N) is 1. The number of carbonyl (C=O) groups is 2. The van der Waals surface area contributed by atoms with E-state index in [-0.39, 0.29) is 30.2 Å². The third kappa shape index (κ3) is 5.26. The summed E-state index contributed by atoms with van der Waals surface area (Å²) >= 11 is 0. The van der Waals surface area contributed by atoms with E-state index in [9.17, 15) is 14.7 Å². The minimum absolute atomic E-state index is 0.0844. The van der Waals surface area contributed by atoms with Crippen LogP contribution in [-0.2, 0) is 14.3 Å². The molecular formula is C27H33NO8. The standard InChI is InChI=1S/C27H33NO8/c1-16(2)15-36-21-14-17(10-11-18(21)33-4)24-23(26(30)27(31)28(24)12-13-32-3)25(29)22-19(34-5)8-7-9-20(22)35-6/h7-11,14,16,24,29H,12-13,15H2,1-6H3/b25-23+. The molecule has 1 N–H and O–H groups in total. The van der Waals surface area contributed by atoms with E-state index in [2.05, 4.69) is 0 Å². The lowest BCUT2D eigenvalue weighted by atomic mass is 9.94. The van der Waals surface area contributed by atoms with Gasteiger partial charge in [0.25, 0.3) is 11.7 Å². The molecule has 0 saturated carbocycles. The fraction of sp³-hybridized carbons (Fsp3) is 0.407. The van der Waals surface area contributed by atoms with E-state index < -0.39 is 23.5 Å². The average Bonchev–Trinajstić information content (AvgIpc) is 3.14. The average molecular weight is 500 g/mol. The topological polar surface area (TPSA) is 104 Å². The Labute approximate surface area is 211 Å². The van der Waals surface area contributed by atoms with Gasteiger partial charge < -0.3 is 33.7 Å². The fourth-order valence-electron chi connectivity index (χ4n) is 4.10. The number of rotatable bonds is 11. The Kier molecular flexibility index (Phi) is 8.82. The highest BCUT2D eigenvalue weighted by Crippen LogP contribution is 2.44. The number of hydrogen-bond donors (Lipinski definition) is 1. The van der Waals surface area contributed by atoms with E-state index in [1.807, 2.05) is 13.8 Å². The number of amides is 1. The summed E-state index contributed by atoms with van der Waals surface area (Å²) in [6, 6.07) is 9.25. The summed E-state index contributed by atoms with van der Waals surface area (Å²) in [4.78, 5) is 27.8. The summed E-state index contributed by atoms with van der Waals surface area (Å²) in [6.45, 7) is 4.84. The molecule has 2 aromatic rings. The third-order valence-electron chi connectivity index (χ3n) is 5.82. The number of hydrogen-bond acceptors (Lipinski definition) is 8. The molecule has 0 spiro atoms. The highest BCUT2D eigenvalue weighted by Gasteiger charge is 2.46. The van der Waals surface area contributed by atoms with Gasteiger partial charge in [0, 0.05) is 13.7 Å². The smallest absolute Gasteiger partial charge is 0.295 e. The van der Waals surface area contributed by atoms with Gasteiger partial charge in [-0.3, -0.25) is 9.59 Å². The first-order chi connectivity index (χ1) is 17.3.